The van der Waals surface area contributed by atoms with E-state index in [2.05, 4.69) is 11.0 Å². The minimum atomic E-state index is 0.701. The Morgan fingerprint density at radius 3 is 2.67 bits per heavy atom. The van der Waals surface area contributed by atoms with E-state index in [1.807, 2.05) is 6.07 Å². The van der Waals surface area contributed by atoms with Gasteiger partial charge in [-0.1, -0.05) is 0 Å². The minimum absolute atomic E-state index is 0.701. The molecule has 2 saturated heterocycles. The first kappa shape index (κ1) is 9.36. The highest BCUT2D eigenvalue weighted by molar-refractivity contribution is 7.17. The zero-order valence-corrected chi connectivity index (χ0v) is 9.20. The summed E-state index contributed by atoms with van der Waals surface area (Å²) in [6.45, 7) is 3.99. The quantitative estimate of drug-likeness (QED) is 0.714. The van der Waals surface area contributed by atoms with Gasteiger partial charge in [0.2, 0.25) is 0 Å². The van der Waals surface area contributed by atoms with Crippen molar-refractivity contribution in [3.05, 3.63) is 17.0 Å². The molecule has 0 saturated carbocycles. The number of carbonyl (C=O) groups is 1. The molecule has 15 heavy (non-hydrogen) atoms. The average molecular weight is 223 g/mol. The molecule has 0 aromatic carbocycles. The van der Waals surface area contributed by atoms with Crippen molar-refractivity contribution in [2.75, 3.05) is 31.2 Å². The third-order valence-corrected chi connectivity index (χ3v) is 4.35. The summed E-state index contributed by atoms with van der Waals surface area (Å²) in [6.07, 6.45) is 0.925. The monoisotopic (exact) mass is 223 g/mol. The van der Waals surface area contributed by atoms with Crippen LogP contribution in [0.5, 0.6) is 0 Å². The van der Waals surface area contributed by atoms with Crippen LogP contribution in [0.2, 0.25) is 0 Å². The van der Waals surface area contributed by atoms with Gasteiger partial charge in [-0.3, -0.25) is 4.79 Å². The van der Waals surface area contributed by atoms with Crippen LogP contribution in [0.4, 0.5) is 5.00 Å². The van der Waals surface area contributed by atoms with Gasteiger partial charge in [0.15, 0.2) is 6.29 Å². The molecule has 2 aliphatic rings. The Kier molecular flexibility index (Phi) is 2.25. The van der Waals surface area contributed by atoms with Gasteiger partial charge in [0.05, 0.1) is 23.1 Å². The lowest BCUT2D eigenvalue weighted by Crippen LogP contribution is -2.20. The molecule has 1 aromatic rings. The van der Waals surface area contributed by atoms with Gasteiger partial charge in [-0.05, 0) is 12.1 Å². The van der Waals surface area contributed by atoms with Gasteiger partial charge in [-0.15, -0.1) is 11.3 Å². The Hall–Kier alpha value is -0.870. The molecule has 0 unspecified atom stereocenters. The first-order chi connectivity index (χ1) is 7.36. The molecular formula is C11H13NO2S. The van der Waals surface area contributed by atoms with Gasteiger partial charge in [-0.25, -0.2) is 0 Å². The van der Waals surface area contributed by atoms with Gasteiger partial charge in [0.25, 0.3) is 0 Å². The summed E-state index contributed by atoms with van der Waals surface area (Å²) >= 11 is 1.59. The molecule has 0 amide bonds. The first-order valence-electron chi connectivity index (χ1n) is 5.24. The van der Waals surface area contributed by atoms with Gasteiger partial charge in [-0.2, -0.15) is 0 Å². The van der Waals surface area contributed by atoms with Crippen molar-refractivity contribution in [2.24, 2.45) is 11.8 Å². The largest absolute Gasteiger partial charge is 0.381 e. The van der Waals surface area contributed by atoms with Crippen LogP contribution < -0.4 is 4.90 Å². The molecule has 0 spiro atoms. The number of fused-ring (bicyclic) bond motifs is 1. The maximum absolute atomic E-state index is 10.6. The van der Waals surface area contributed by atoms with Crippen molar-refractivity contribution in [3.8, 4) is 0 Å². The Balaban J connectivity index is 1.76. The Morgan fingerprint density at radius 2 is 2.07 bits per heavy atom. The van der Waals surface area contributed by atoms with Crippen LogP contribution in [-0.4, -0.2) is 32.6 Å². The minimum Gasteiger partial charge on any atom is -0.381 e. The first-order valence-corrected chi connectivity index (χ1v) is 6.06. The van der Waals surface area contributed by atoms with E-state index in [9.17, 15) is 4.79 Å². The fourth-order valence-electron chi connectivity index (χ4n) is 2.44. The Bertz CT molecular complexity index is 364. The number of carbonyl (C=O) groups excluding carboxylic acids is 1. The number of rotatable bonds is 2. The van der Waals surface area contributed by atoms with E-state index in [0.29, 0.717) is 11.8 Å². The molecule has 0 bridgehead atoms. The van der Waals surface area contributed by atoms with Crippen LogP contribution in [0.3, 0.4) is 0 Å². The SMILES string of the molecule is O=Cc1ccc(N2C[C@H]3COC[C@H]3C2)s1. The number of ether oxygens (including phenoxy) is 1. The molecule has 0 N–H and O–H groups in total. The summed E-state index contributed by atoms with van der Waals surface area (Å²) in [6, 6.07) is 3.95. The van der Waals surface area contributed by atoms with Crippen molar-refractivity contribution >= 4 is 22.6 Å². The van der Waals surface area contributed by atoms with Crippen LogP contribution in [-0.2, 0) is 4.74 Å². The maximum Gasteiger partial charge on any atom is 0.160 e. The Labute approximate surface area is 92.6 Å². The Morgan fingerprint density at radius 1 is 1.33 bits per heavy atom. The van der Waals surface area contributed by atoms with Gasteiger partial charge in [0.1, 0.15) is 0 Å². The summed E-state index contributed by atoms with van der Waals surface area (Å²) in [5.74, 6) is 1.40. The van der Waals surface area contributed by atoms with Gasteiger partial charge < -0.3 is 9.64 Å². The third-order valence-electron chi connectivity index (χ3n) is 3.28. The number of hydrogen-bond donors (Lipinski definition) is 0. The topological polar surface area (TPSA) is 29.5 Å². The van der Waals surface area contributed by atoms with Crippen molar-refractivity contribution in [1.82, 2.24) is 0 Å². The molecule has 4 heteroatoms. The summed E-state index contributed by atoms with van der Waals surface area (Å²) in [4.78, 5) is 13.8. The fourth-order valence-corrected chi connectivity index (χ4v) is 3.28. The maximum atomic E-state index is 10.6. The van der Waals surface area contributed by atoms with E-state index in [1.165, 1.54) is 5.00 Å². The second kappa shape index (κ2) is 3.61. The molecule has 0 radical (unpaired) electrons. The molecule has 80 valence electrons. The second-order valence-corrected chi connectivity index (χ2v) is 5.35. The van der Waals surface area contributed by atoms with Crippen molar-refractivity contribution in [1.29, 1.82) is 0 Å². The lowest BCUT2D eigenvalue weighted by molar-refractivity contribution is 0.112. The molecule has 0 aliphatic carbocycles. The fraction of sp³-hybridized carbons (Fsp3) is 0.545. The molecule has 2 aliphatic heterocycles. The molecule has 3 heterocycles. The highest BCUT2D eigenvalue weighted by atomic mass is 32.1. The lowest BCUT2D eigenvalue weighted by Gasteiger charge is -2.16. The smallest absolute Gasteiger partial charge is 0.160 e. The second-order valence-electron chi connectivity index (χ2n) is 4.26. The number of nitrogens with zero attached hydrogens (tertiary/aromatic N) is 1. The predicted molar refractivity (Wildman–Crippen MR) is 59.7 cm³/mol. The van der Waals surface area contributed by atoms with E-state index >= 15 is 0 Å². The number of anilines is 1. The normalized spacial score (nSPS) is 29.5. The average Bonchev–Trinajstić information content (AvgIpc) is 2.91. The van der Waals surface area contributed by atoms with Gasteiger partial charge >= 0.3 is 0 Å². The predicted octanol–water partition coefficient (Wildman–Crippen LogP) is 1.64. The summed E-state index contributed by atoms with van der Waals surface area (Å²) in [7, 11) is 0. The summed E-state index contributed by atoms with van der Waals surface area (Å²) < 4.78 is 5.44. The molecule has 3 rings (SSSR count). The summed E-state index contributed by atoms with van der Waals surface area (Å²) in [5, 5.41) is 1.23. The highest BCUT2D eigenvalue weighted by Gasteiger charge is 2.37. The molecule has 3 nitrogen and oxygen atoms in total. The van der Waals surface area contributed by atoms with Crippen LogP contribution in [0.15, 0.2) is 12.1 Å². The van der Waals surface area contributed by atoms with Crippen LogP contribution in [0.25, 0.3) is 0 Å². The van der Waals surface area contributed by atoms with Crippen LogP contribution in [0.1, 0.15) is 9.67 Å². The van der Waals surface area contributed by atoms with Crippen molar-refractivity contribution < 1.29 is 9.53 Å². The van der Waals surface area contributed by atoms with E-state index < -0.39 is 0 Å². The zero-order chi connectivity index (χ0) is 10.3. The zero-order valence-electron chi connectivity index (χ0n) is 8.39. The molecule has 2 fully saturated rings. The molecule has 2 atom stereocenters. The van der Waals surface area contributed by atoms with E-state index in [0.717, 1.165) is 37.5 Å². The third kappa shape index (κ3) is 1.58. The standard InChI is InChI=1S/C11H13NO2S/c13-5-10-1-2-11(15-10)12-3-8-6-14-7-9(8)4-12/h1-2,5,8-9H,3-4,6-7H2/t8-,9+. The van der Waals surface area contributed by atoms with Gasteiger partial charge in [0, 0.05) is 24.9 Å². The molecule has 1 aromatic heterocycles. The summed E-state index contributed by atoms with van der Waals surface area (Å²) in [5.41, 5.74) is 0. The number of hydrogen-bond acceptors (Lipinski definition) is 4. The van der Waals surface area contributed by atoms with Crippen molar-refractivity contribution in [2.45, 2.75) is 0 Å². The van der Waals surface area contributed by atoms with Crippen LogP contribution in [0, 0.1) is 11.8 Å². The number of aldehydes is 1. The van der Waals surface area contributed by atoms with Crippen molar-refractivity contribution in [3.63, 3.8) is 0 Å². The van der Waals surface area contributed by atoms with E-state index in [1.54, 1.807) is 11.3 Å². The number of thiophene rings is 1. The molecular weight excluding hydrogens is 210 g/mol. The van der Waals surface area contributed by atoms with E-state index in [-0.39, 0.29) is 0 Å². The van der Waals surface area contributed by atoms with E-state index in [4.69, 9.17) is 4.74 Å². The lowest BCUT2D eigenvalue weighted by atomic mass is 10.0. The highest BCUT2D eigenvalue weighted by Crippen LogP contribution is 2.35. The van der Waals surface area contributed by atoms with Crippen LogP contribution >= 0.6 is 11.3 Å².